The van der Waals surface area contributed by atoms with Gasteiger partial charge in [-0.25, -0.2) is 0 Å². The van der Waals surface area contributed by atoms with E-state index in [4.69, 9.17) is 0 Å². The fourth-order valence-corrected chi connectivity index (χ4v) is 1.57. The number of nitrogens with one attached hydrogen (secondary N) is 1. The maximum absolute atomic E-state index is 12.0. The number of benzene rings is 1. The molecule has 0 aliphatic rings. The van der Waals surface area contributed by atoms with Crippen molar-refractivity contribution in [3.05, 3.63) is 24.3 Å². The molecule has 0 saturated carbocycles. The lowest BCUT2D eigenvalue weighted by Gasteiger charge is -2.07. The lowest BCUT2D eigenvalue weighted by Crippen LogP contribution is -2.06. The first-order chi connectivity index (χ1) is 6.87. The number of carbonyl (C=O) groups is 1. The highest BCUT2D eigenvalue weighted by atomic mass is 32.2. The van der Waals surface area contributed by atoms with E-state index < -0.39 is 5.51 Å². The van der Waals surface area contributed by atoms with Gasteiger partial charge in [0.05, 0.1) is 0 Å². The highest BCUT2D eigenvalue weighted by molar-refractivity contribution is 8.00. The molecule has 0 saturated heterocycles. The van der Waals surface area contributed by atoms with Crippen molar-refractivity contribution in [1.29, 1.82) is 0 Å². The quantitative estimate of drug-likeness (QED) is 0.797. The van der Waals surface area contributed by atoms with Crippen LogP contribution in [0.4, 0.5) is 18.9 Å². The van der Waals surface area contributed by atoms with Gasteiger partial charge in [0.2, 0.25) is 5.91 Å². The van der Waals surface area contributed by atoms with Gasteiger partial charge in [-0.2, -0.15) is 13.2 Å². The first-order valence-electron chi connectivity index (χ1n) is 4.00. The van der Waals surface area contributed by atoms with Gasteiger partial charge in [-0.05, 0) is 30.0 Å². The van der Waals surface area contributed by atoms with Gasteiger partial charge in [0.25, 0.3) is 0 Å². The van der Waals surface area contributed by atoms with E-state index in [-0.39, 0.29) is 22.6 Å². The summed E-state index contributed by atoms with van der Waals surface area (Å²) in [4.78, 5) is 10.7. The van der Waals surface area contributed by atoms with Crippen molar-refractivity contribution in [3.8, 4) is 0 Å². The van der Waals surface area contributed by atoms with Gasteiger partial charge in [-0.1, -0.05) is 6.07 Å². The zero-order valence-electron chi connectivity index (χ0n) is 7.76. The average Bonchev–Trinajstić information content (AvgIpc) is 1.99. The third kappa shape index (κ3) is 4.73. The van der Waals surface area contributed by atoms with Crippen LogP contribution < -0.4 is 5.32 Å². The monoisotopic (exact) mass is 235 g/mol. The topological polar surface area (TPSA) is 29.1 Å². The van der Waals surface area contributed by atoms with E-state index in [9.17, 15) is 18.0 Å². The summed E-state index contributed by atoms with van der Waals surface area (Å²) in [5.74, 6) is -0.316. The lowest BCUT2D eigenvalue weighted by molar-refractivity contribution is -0.114. The Morgan fingerprint density at radius 2 is 2.07 bits per heavy atom. The van der Waals surface area contributed by atoms with Crippen LogP contribution in [0.3, 0.4) is 0 Å². The number of rotatable bonds is 2. The number of anilines is 1. The standard InChI is InChI=1S/C9H8F3NOS/c1-6(14)13-7-3-2-4-8(5-7)15-9(10,11)12/h2-5H,1H3,(H,13,14). The summed E-state index contributed by atoms with van der Waals surface area (Å²) in [5, 5.41) is 2.41. The third-order valence-electron chi connectivity index (χ3n) is 1.39. The minimum Gasteiger partial charge on any atom is -0.326 e. The van der Waals surface area contributed by atoms with E-state index in [0.29, 0.717) is 5.69 Å². The van der Waals surface area contributed by atoms with Crippen LogP contribution in [0.2, 0.25) is 0 Å². The minimum atomic E-state index is -4.31. The molecule has 0 atom stereocenters. The molecule has 0 unspecified atom stereocenters. The molecule has 1 aromatic rings. The molecule has 1 rings (SSSR count). The Hall–Kier alpha value is -1.17. The number of hydrogen-bond donors (Lipinski definition) is 1. The van der Waals surface area contributed by atoms with Crippen LogP contribution in [-0.4, -0.2) is 11.4 Å². The van der Waals surface area contributed by atoms with Gasteiger partial charge in [0.1, 0.15) is 0 Å². The number of alkyl halides is 3. The summed E-state index contributed by atoms with van der Waals surface area (Å²) in [6.45, 7) is 1.30. The predicted molar refractivity (Wildman–Crippen MR) is 52.7 cm³/mol. The van der Waals surface area contributed by atoms with Gasteiger partial charge >= 0.3 is 5.51 Å². The second kappa shape index (κ2) is 4.57. The summed E-state index contributed by atoms with van der Waals surface area (Å²) < 4.78 is 36.0. The van der Waals surface area contributed by atoms with Crippen LogP contribution in [0.5, 0.6) is 0 Å². The molecule has 1 N–H and O–H groups in total. The van der Waals surface area contributed by atoms with Crippen molar-refractivity contribution >= 4 is 23.4 Å². The number of hydrogen-bond acceptors (Lipinski definition) is 2. The molecule has 15 heavy (non-hydrogen) atoms. The molecule has 0 aliphatic heterocycles. The molecule has 0 heterocycles. The maximum Gasteiger partial charge on any atom is 0.446 e. The fourth-order valence-electron chi connectivity index (χ4n) is 0.974. The normalized spacial score (nSPS) is 11.2. The van der Waals surface area contributed by atoms with Gasteiger partial charge < -0.3 is 5.32 Å². The van der Waals surface area contributed by atoms with Gasteiger partial charge in [-0.15, -0.1) is 0 Å². The molecule has 1 amide bonds. The Kier molecular flexibility index (Phi) is 3.62. The van der Waals surface area contributed by atoms with Crippen LogP contribution >= 0.6 is 11.8 Å². The molecule has 0 spiro atoms. The van der Waals surface area contributed by atoms with Crippen molar-refractivity contribution in [2.45, 2.75) is 17.3 Å². The average molecular weight is 235 g/mol. The molecule has 6 heteroatoms. The highest BCUT2D eigenvalue weighted by Crippen LogP contribution is 2.37. The van der Waals surface area contributed by atoms with Crippen molar-refractivity contribution in [3.63, 3.8) is 0 Å². The second-order valence-corrected chi connectivity index (χ2v) is 3.90. The Morgan fingerprint density at radius 3 is 2.60 bits per heavy atom. The Balaban J connectivity index is 2.79. The first kappa shape index (κ1) is 11.9. The summed E-state index contributed by atoms with van der Waals surface area (Å²) in [7, 11) is 0. The van der Waals surface area contributed by atoms with Crippen LogP contribution in [0.15, 0.2) is 29.2 Å². The van der Waals surface area contributed by atoms with Crippen molar-refractivity contribution < 1.29 is 18.0 Å². The Bertz CT molecular complexity index is 365. The van der Waals surface area contributed by atoms with Gasteiger partial charge in [0, 0.05) is 17.5 Å². The van der Waals surface area contributed by atoms with E-state index in [1.807, 2.05) is 0 Å². The van der Waals surface area contributed by atoms with Crippen molar-refractivity contribution in [2.24, 2.45) is 0 Å². The lowest BCUT2D eigenvalue weighted by atomic mass is 10.3. The third-order valence-corrected chi connectivity index (χ3v) is 2.11. The number of amides is 1. The molecule has 0 fully saturated rings. The van der Waals surface area contributed by atoms with E-state index in [2.05, 4.69) is 5.32 Å². The summed E-state index contributed by atoms with van der Waals surface area (Å²) >= 11 is -0.209. The zero-order chi connectivity index (χ0) is 11.5. The van der Waals surface area contributed by atoms with E-state index >= 15 is 0 Å². The molecule has 0 aliphatic carbocycles. The molecular weight excluding hydrogens is 227 g/mol. The van der Waals surface area contributed by atoms with Crippen LogP contribution in [-0.2, 0) is 4.79 Å². The Labute approximate surface area is 88.9 Å². The van der Waals surface area contributed by atoms with Crippen LogP contribution in [0, 0.1) is 0 Å². The van der Waals surface area contributed by atoms with Gasteiger partial charge in [-0.3, -0.25) is 4.79 Å². The number of thioether (sulfide) groups is 1. The van der Waals surface area contributed by atoms with Crippen LogP contribution in [0.25, 0.3) is 0 Å². The van der Waals surface area contributed by atoms with E-state index in [1.54, 1.807) is 0 Å². The smallest absolute Gasteiger partial charge is 0.326 e. The maximum atomic E-state index is 12.0. The van der Waals surface area contributed by atoms with E-state index in [0.717, 1.165) is 0 Å². The fraction of sp³-hybridized carbons (Fsp3) is 0.222. The largest absolute Gasteiger partial charge is 0.446 e. The molecule has 0 radical (unpaired) electrons. The predicted octanol–water partition coefficient (Wildman–Crippen LogP) is 3.26. The molecule has 1 aromatic carbocycles. The SMILES string of the molecule is CC(=O)Nc1cccc(SC(F)(F)F)c1. The minimum absolute atomic E-state index is 0.0498. The number of halogens is 3. The van der Waals surface area contributed by atoms with Crippen molar-refractivity contribution in [2.75, 3.05) is 5.32 Å². The van der Waals surface area contributed by atoms with Crippen LogP contribution in [0.1, 0.15) is 6.92 Å². The zero-order valence-corrected chi connectivity index (χ0v) is 8.58. The Morgan fingerprint density at radius 1 is 1.40 bits per heavy atom. The molecule has 0 aromatic heterocycles. The molecule has 2 nitrogen and oxygen atoms in total. The summed E-state index contributed by atoms with van der Waals surface area (Å²) in [5.41, 5.74) is -3.95. The molecule has 0 bridgehead atoms. The number of carbonyl (C=O) groups excluding carboxylic acids is 1. The molecular formula is C9H8F3NOS. The van der Waals surface area contributed by atoms with Crippen molar-refractivity contribution in [1.82, 2.24) is 0 Å². The highest BCUT2D eigenvalue weighted by Gasteiger charge is 2.29. The second-order valence-electron chi connectivity index (χ2n) is 2.76. The summed E-state index contributed by atoms with van der Waals surface area (Å²) in [6, 6.07) is 5.60. The van der Waals surface area contributed by atoms with Gasteiger partial charge in [0.15, 0.2) is 0 Å². The summed E-state index contributed by atoms with van der Waals surface area (Å²) in [6.07, 6.45) is 0. The first-order valence-corrected chi connectivity index (χ1v) is 4.82. The molecule has 82 valence electrons. The van der Waals surface area contributed by atoms with E-state index in [1.165, 1.54) is 31.2 Å².